The van der Waals surface area contributed by atoms with Crippen molar-refractivity contribution in [3.63, 3.8) is 0 Å². The van der Waals surface area contributed by atoms with Crippen LogP contribution < -0.4 is 0 Å². The van der Waals surface area contributed by atoms with Gasteiger partial charge in [-0.3, -0.25) is 0 Å². The molecular formula is C16H17N3O2. The van der Waals surface area contributed by atoms with Gasteiger partial charge >= 0.3 is 5.97 Å². The maximum Gasteiger partial charge on any atom is 0.339 e. The third-order valence-electron chi connectivity index (χ3n) is 3.33. The summed E-state index contributed by atoms with van der Waals surface area (Å²) in [5, 5.41) is 22.8. The van der Waals surface area contributed by atoms with Crippen LogP contribution in [0.15, 0.2) is 24.3 Å². The molecule has 0 unspecified atom stereocenters. The van der Waals surface area contributed by atoms with Crippen LogP contribution in [-0.2, 0) is 6.42 Å². The number of carbonyl (C=O) groups is 1. The minimum atomic E-state index is -0.949. The number of nitrogens with zero attached hydrogens (tertiary/aromatic N) is 3. The van der Waals surface area contributed by atoms with E-state index in [-0.39, 0.29) is 11.5 Å². The normalized spacial score (nSPS) is 10.6. The lowest BCUT2D eigenvalue weighted by Gasteiger charge is -2.11. The Morgan fingerprint density at radius 1 is 1.38 bits per heavy atom. The Morgan fingerprint density at radius 3 is 2.43 bits per heavy atom. The molecule has 1 N–H and O–H groups in total. The number of carboxylic acid groups (broad SMARTS) is 1. The lowest BCUT2D eigenvalue weighted by atomic mass is 10.0. The predicted molar refractivity (Wildman–Crippen MR) is 78.7 cm³/mol. The number of aromatic carboxylic acids is 1. The van der Waals surface area contributed by atoms with Crippen LogP contribution in [0.3, 0.4) is 0 Å². The third-order valence-corrected chi connectivity index (χ3v) is 3.33. The van der Waals surface area contributed by atoms with Gasteiger partial charge < -0.3 is 5.11 Å². The van der Waals surface area contributed by atoms with Gasteiger partial charge in [-0.25, -0.2) is 9.48 Å². The van der Waals surface area contributed by atoms with Crippen molar-refractivity contribution in [3.05, 3.63) is 46.8 Å². The highest BCUT2D eigenvalue weighted by Gasteiger charge is 2.24. The van der Waals surface area contributed by atoms with Crippen LogP contribution in [0.2, 0.25) is 0 Å². The lowest BCUT2D eigenvalue weighted by molar-refractivity contribution is 0.0694. The molecule has 108 valence electrons. The molecule has 1 aromatic heterocycles. The number of aryl methyl sites for hydroxylation is 1. The van der Waals surface area contributed by atoms with E-state index in [1.165, 1.54) is 0 Å². The van der Waals surface area contributed by atoms with Crippen LogP contribution in [-0.4, -0.2) is 20.9 Å². The van der Waals surface area contributed by atoms with E-state index in [0.29, 0.717) is 23.4 Å². The quantitative estimate of drug-likeness (QED) is 0.935. The summed E-state index contributed by atoms with van der Waals surface area (Å²) in [4.78, 5) is 11.6. The highest BCUT2D eigenvalue weighted by Crippen LogP contribution is 2.26. The van der Waals surface area contributed by atoms with E-state index in [2.05, 4.69) is 11.2 Å². The highest BCUT2D eigenvalue weighted by atomic mass is 16.4. The Balaban J connectivity index is 2.67. The van der Waals surface area contributed by atoms with E-state index >= 15 is 0 Å². The van der Waals surface area contributed by atoms with E-state index in [0.717, 1.165) is 5.69 Å². The Bertz CT molecular complexity index is 706. The largest absolute Gasteiger partial charge is 0.478 e. The first-order valence-corrected chi connectivity index (χ1v) is 6.85. The highest BCUT2D eigenvalue weighted by molar-refractivity contribution is 5.90. The monoisotopic (exact) mass is 283 g/mol. The first-order valence-electron chi connectivity index (χ1n) is 6.85. The van der Waals surface area contributed by atoms with Crippen molar-refractivity contribution < 1.29 is 9.90 Å². The summed E-state index contributed by atoms with van der Waals surface area (Å²) in [7, 11) is 0. The van der Waals surface area contributed by atoms with Crippen molar-refractivity contribution in [2.45, 2.75) is 33.1 Å². The van der Waals surface area contributed by atoms with Gasteiger partial charge in [0.05, 0.1) is 28.7 Å². The van der Waals surface area contributed by atoms with Gasteiger partial charge in [0.1, 0.15) is 5.56 Å². The fourth-order valence-corrected chi connectivity index (χ4v) is 2.37. The molecule has 0 saturated heterocycles. The van der Waals surface area contributed by atoms with Crippen LogP contribution >= 0.6 is 0 Å². The third kappa shape index (κ3) is 2.65. The van der Waals surface area contributed by atoms with Gasteiger partial charge in [0, 0.05) is 0 Å². The SMILES string of the molecule is CCc1nn(-c2ccc(C#N)cc2)c(C(C)C)c1C(=O)O. The minimum Gasteiger partial charge on any atom is -0.478 e. The molecule has 0 amide bonds. The summed E-state index contributed by atoms with van der Waals surface area (Å²) in [6.45, 7) is 5.79. The van der Waals surface area contributed by atoms with Crippen molar-refractivity contribution >= 4 is 5.97 Å². The van der Waals surface area contributed by atoms with Crippen LogP contribution in [0.25, 0.3) is 5.69 Å². The average molecular weight is 283 g/mol. The van der Waals surface area contributed by atoms with E-state index in [4.69, 9.17) is 5.26 Å². The van der Waals surface area contributed by atoms with Crippen LogP contribution in [0, 0.1) is 11.3 Å². The second kappa shape index (κ2) is 5.80. The molecule has 0 radical (unpaired) electrons. The van der Waals surface area contributed by atoms with Crippen LogP contribution in [0.4, 0.5) is 0 Å². The minimum absolute atomic E-state index is 0.0274. The molecule has 0 aliphatic heterocycles. The molecule has 1 heterocycles. The number of aromatic nitrogens is 2. The van der Waals surface area contributed by atoms with E-state index in [1.807, 2.05) is 20.8 Å². The fraction of sp³-hybridized carbons (Fsp3) is 0.312. The van der Waals surface area contributed by atoms with Gasteiger partial charge in [-0.1, -0.05) is 20.8 Å². The zero-order valence-corrected chi connectivity index (χ0v) is 12.3. The molecule has 0 fully saturated rings. The van der Waals surface area contributed by atoms with Gasteiger partial charge in [-0.15, -0.1) is 0 Å². The number of hydrogen-bond acceptors (Lipinski definition) is 3. The van der Waals surface area contributed by atoms with Crippen molar-refractivity contribution in [1.82, 2.24) is 9.78 Å². The predicted octanol–water partition coefficient (Wildman–Crippen LogP) is 3.13. The Labute approximate surface area is 123 Å². The number of benzene rings is 1. The molecule has 0 spiro atoms. The van der Waals surface area contributed by atoms with Crippen molar-refractivity contribution in [3.8, 4) is 11.8 Å². The number of nitriles is 1. The smallest absolute Gasteiger partial charge is 0.339 e. The number of carboxylic acids is 1. The molecule has 0 saturated carbocycles. The standard InChI is InChI=1S/C16H17N3O2/c1-4-13-14(16(20)21)15(10(2)3)19(18-13)12-7-5-11(9-17)6-8-12/h5-8,10H,4H2,1-3H3,(H,20,21). The summed E-state index contributed by atoms with van der Waals surface area (Å²) in [5.74, 6) is -0.921. The summed E-state index contributed by atoms with van der Waals surface area (Å²) in [6, 6.07) is 9.03. The Kier molecular flexibility index (Phi) is 4.08. The Morgan fingerprint density at radius 2 is 2.00 bits per heavy atom. The van der Waals surface area contributed by atoms with Gasteiger partial charge in [-0.2, -0.15) is 10.4 Å². The van der Waals surface area contributed by atoms with Crippen LogP contribution in [0.5, 0.6) is 0 Å². The van der Waals surface area contributed by atoms with E-state index < -0.39 is 5.97 Å². The van der Waals surface area contributed by atoms with E-state index in [1.54, 1.807) is 28.9 Å². The first kappa shape index (κ1) is 14.8. The molecule has 5 nitrogen and oxygen atoms in total. The summed E-state index contributed by atoms with van der Waals surface area (Å²) < 4.78 is 1.67. The maximum absolute atomic E-state index is 11.6. The second-order valence-corrected chi connectivity index (χ2v) is 5.09. The molecule has 5 heteroatoms. The van der Waals surface area contributed by atoms with Gasteiger partial charge in [0.25, 0.3) is 0 Å². The molecule has 0 bridgehead atoms. The molecule has 0 atom stereocenters. The molecule has 0 aliphatic carbocycles. The van der Waals surface area contributed by atoms with Crippen molar-refractivity contribution in [1.29, 1.82) is 5.26 Å². The first-order chi connectivity index (χ1) is 9.99. The summed E-state index contributed by atoms with van der Waals surface area (Å²) >= 11 is 0. The van der Waals surface area contributed by atoms with Gasteiger partial charge in [-0.05, 0) is 36.6 Å². The summed E-state index contributed by atoms with van der Waals surface area (Å²) in [6.07, 6.45) is 0.560. The maximum atomic E-state index is 11.6. The van der Waals surface area contributed by atoms with Crippen molar-refractivity contribution in [2.75, 3.05) is 0 Å². The van der Waals surface area contributed by atoms with Gasteiger partial charge in [0.15, 0.2) is 0 Å². The zero-order chi connectivity index (χ0) is 15.6. The molecular weight excluding hydrogens is 266 g/mol. The van der Waals surface area contributed by atoms with Gasteiger partial charge in [0.2, 0.25) is 0 Å². The molecule has 2 rings (SSSR count). The zero-order valence-electron chi connectivity index (χ0n) is 12.3. The number of hydrogen-bond donors (Lipinski definition) is 1. The van der Waals surface area contributed by atoms with E-state index in [9.17, 15) is 9.90 Å². The second-order valence-electron chi connectivity index (χ2n) is 5.09. The molecule has 0 aliphatic rings. The molecule has 21 heavy (non-hydrogen) atoms. The molecule has 2 aromatic rings. The molecule has 1 aromatic carbocycles. The summed E-state index contributed by atoms with van der Waals surface area (Å²) in [5.41, 5.74) is 2.88. The fourth-order valence-electron chi connectivity index (χ4n) is 2.37. The number of rotatable bonds is 4. The topological polar surface area (TPSA) is 78.9 Å². The van der Waals surface area contributed by atoms with Crippen molar-refractivity contribution in [2.24, 2.45) is 0 Å². The average Bonchev–Trinajstić information content (AvgIpc) is 2.87. The van der Waals surface area contributed by atoms with Crippen LogP contribution in [0.1, 0.15) is 54.0 Å². The lowest BCUT2D eigenvalue weighted by Crippen LogP contribution is -2.08. The Hall–Kier alpha value is -2.61.